The largest absolute Gasteiger partial charge is 0.378 e. The molecule has 0 aromatic heterocycles. The molecule has 0 bridgehead atoms. The average molecular weight is 379 g/mol. The number of likely N-dealkylation sites (tertiary alicyclic amines) is 1. The smallest absolute Gasteiger partial charge is 0.0172 e. The van der Waals surface area contributed by atoms with Crippen molar-refractivity contribution in [2.45, 2.75) is 111 Å². The van der Waals surface area contributed by atoms with Crippen LogP contribution in [0.2, 0.25) is 0 Å². The molecule has 27 heavy (non-hydrogen) atoms. The number of rotatable bonds is 2. The maximum absolute atomic E-state index is 4.00. The van der Waals surface area contributed by atoms with Crippen LogP contribution in [0.5, 0.6) is 0 Å². The summed E-state index contributed by atoms with van der Waals surface area (Å²) in [5.74, 6) is 0.910. The summed E-state index contributed by atoms with van der Waals surface area (Å²) in [6, 6.07) is 0.821. The molecule has 160 valence electrons. The van der Waals surface area contributed by atoms with E-state index in [-0.39, 0.29) is 0 Å². The van der Waals surface area contributed by atoms with E-state index in [2.05, 4.69) is 43.5 Å². The maximum atomic E-state index is 4.00. The van der Waals surface area contributed by atoms with Crippen LogP contribution in [0.15, 0.2) is 12.8 Å². The zero-order valence-electron chi connectivity index (χ0n) is 19.1. The summed E-state index contributed by atoms with van der Waals surface area (Å²) < 4.78 is 0. The van der Waals surface area contributed by atoms with Crippen molar-refractivity contribution in [3.8, 4) is 12.8 Å². The molecule has 3 fully saturated rings. The predicted molar refractivity (Wildman–Crippen MR) is 125 cm³/mol. The number of terminal acetylenes is 1. The van der Waals surface area contributed by atoms with Gasteiger partial charge >= 0.3 is 0 Å². The molecule has 2 aliphatic heterocycles. The van der Waals surface area contributed by atoms with E-state index in [0.29, 0.717) is 0 Å². The van der Waals surface area contributed by atoms with Gasteiger partial charge < -0.3 is 10.2 Å². The first-order valence-electron chi connectivity index (χ1n) is 11.7. The fourth-order valence-electron chi connectivity index (χ4n) is 3.57. The van der Waals surface area contributed by atoms with E-state index in [0.717, 1.165) is 12.0 Å². The summed E-state index contributed by atoms with van der Waals surface area (Å²) in [6.07, 6.45) is 27.2. The van der Waals surface area contributed by atoms with E-state index in [1.807, 2.05) is 20.0 Å². The third-order valence-corrected chi connectivity index (χ3v) is 5.40. The molecule has 2 unspecified atom stereocenters. The Labute approximate surface area is 172 Å². The lowest BCUT2D eigenvalue weighted by atomic mass is 9.95. The van der Waals surface area contributed by atoms with E-state index in [9.17, 15) is 0 Å². The SMILES string of the molecule is C#C.C1CCCCC1.C=CN1CCCCC1.CC.CCC1CCC(C)CN1. The standard InChI is InChI=1S/C8H17N.C7H13N.C6H12.C2H6.C2H2/c1-3-8-5-4-7(2)6-9-8;1-2-8-6-4-3-5-7-8;1-2-4-6-5-3-1;2*1-2/h7-9H,3-6H2,1-2H3;2H,1,3-7H2;1-6H2;1-2H3;1-2H. The summed E-state index contributed by atoms with van der Waals surface area (Å²) >= 11 is 0. The second-order valence-electron chi connectivity index (χ2n) is 7.60. The van der Waals surface area contributed by atoms with E-state index in [1.165, 1.54) is 96.7 Å². The molecule has 0 amide bonds. The summed E-state index contributed by atoms with van der Waals surface area (Å²) in [4.78, 5) is 2.28. The third-order valence-electron chi connectivity index (χ3n) is 5.40. The van der Waals surface area contributed by atoms with Crippen LogP contribution in [-0.4, -0.2) is 30.6 Å². The van der Waals surface area contributed by atoms with Gasteiger partial charge in [-0.25, -0.2) is 0 Å². The maximum Gasteiger partial charge on any atom is 0.0172 e. The average Bonchev–Trinajstić information content (AvgIpc) is 2.80. The van der Waals surface area contributed by atoms with Crippen LogP contribution >= 0.6 is 0 Å². The second kappa shape index (κ2) is 23.1. The van der Waals surface area contributed by atoms with E-state index in [1.54, 1.807) is 0 Å². The first-order valence-corrected chi connectivity index (χ1v) is 11.7. The Morgan fingerprint density at radius 3 is 1.63 bits per heavy atom. The van der Waals surface area contributed by atoms with Crippen LogP contribution in [0.3, 0.4) is 0 Å². The molecule has 2 atom stereocenters. The van der Waals surface area contributed by atoms with Crippen molar-refractivity contribution in [1.82, 2.24) is 10.2 Å². The highest BCUT2D eigenvalue weighted by atomic mass is 15.1. The van der Waals surface area contributed by atoms with Crippen LogP contribution in [0.25, 0.3) is 0 Å². The first kappa shape index (κ1) is 28.3. The van der Waals surface area contributed by atoms with Crippen molar-refractivity contribution in [3.63, 3.8) is 0 Å². The van der Waals surface area contributed by atoms with Crippen molar-refractivity contribution in [3.05, 3.63) is 12.8 Å². The lowest BCUT2D eigenvalue weighted by Crippen LogP contribution is -2.37. The van der Waals surface area contributed by atoms with Crippen LogP contribution in [-0.2, 0) is 0 Å². The van der Waals surface area contributed by atoms with Gasteiger partial charge in [-0.15, -0.1) is 12.8 Å². The number of hydrogen-bond donors (Lipinski definition) is 1. The second-order valence-corrected chi connectivity index (χ2v) is 7.60. The molecular formula is C25H50N2. The van der Waals surface area contributed by atoms with Gasteiger partial charge in [0, 0.05) is 19.1 Å². The Bertz CT molecular complexity index is 281. The number of nitrogens with zero attached hydrogens (tertiary/aromatic N) is 1. The lowest BCUT2D eigenvalue weighted by molar-refractivity contribution is 0.310. The van der Waals surface area contributed by atoms with Gasteiger partial charge in [0.05, 0.1) is 0 Å². The number of piperidine rings is 2. The Kier molecular flexibility index (Phi) is 24.2. The zero-order valence-corrected chi connectivity index (χ0v) is 19.1. The summed E-state index contributed by atoms with van der Waals surface area (Å²) in [5.41, 5.74) is 0. The molecule has 2 heteroatoms. The molecule has 0 aromatic rings. The Morgan fingerprint density at radius 1 is 0.889 bits per heavy atom. The molecule has 0 spiro atoms. The fraction of sp³-hybridized carbons (Fsp3) is 0.840. The molecule has 0 radical (unpaired) electrons. The van der Waals surface area contributed by atoms with Crippen molar-refractivity contribution < 1.29 is 0 Å². The zero-order chi connectivity index (χ0) is 20.8. The minimum absolute atomic E-state index is 0.821. The molecular weight excluding hydrogens is 328 g/mol. The molecule has 3 rings (SSSR count). The van der Waals surface area contributed by atoms with Crippen LogP contribution < -0.4 is 5.32 Å². The van der Waals surface area contributed by atoms with E-state index < -0.39 is 0 Å². The highest BCUT2D eigenvalue weighted by Gasteiger charge is 2.14. The molecule has 1 N–H and O–H groups in total. The van der Waals surface area contributed by atoms with Crippen molar-refractivity contribution in [2.24, 2.45) is 5.92 Å². The predicted octanol–water partition coefficient (Wildman–Crippen LogP) is 7.02. The lowest BCUT2D eigenvalue weighted by Gasteiger charge is -2.26. The van der Waals surface area contributed by atoms with Crippen LogP contribution in [0.1, 0.15) is 105 Å². The van der Waals surface area contributed by atoms with Gasteiger partial charge in [0.15, 0.2) is 0 Å². The Hall–Kier alpha value is -0.940. The van der Waals surface area contributed by atoms with Gasteiger partial charge in [0.1, 0.15) is 0 Å². The van der Waals surface area contributed by atoms with Crippen molar-refractivity contribution in [2.75, 3.05) is 19.6 Å². The van der Waals surface area contributed by atoms with Crippen LogP contribution in [0.4, 0.5) is 0 Å². The van der Waals surface area contributed by atoms with Gasteiger partial charge in [-0.2, -0.15) is 0 Å². The highest BCUT2D eigenvalue weighted by Crippen LogP contribution is 2.15. The molecule has 2 nitrogen and oxygen atoms in total. The topological polar surface area (TPSA) is 15.3 Å². The minimum atomic E-state index is 0.821. The minimum Gasteiger partial charge on any atom is -0.378 e. The highest BCUT2D eigenvalue weighted by molar-refractivity contribution is 4.74. The number of hydrogen-bond acceptors (Lipinski definition) is 2. The van der Waals surface area contributed by atoms with E-state index >= 15 is 0 Å². The fourth-order valence-corrected chi connectivity index (χ4v) is 3.57. The summed E-state index contributed by atoms with van der Waals surface area (Å²) in [5, 5.41) is 3.52. The van der Waals surface area contributed by atoms with Gasteiger partial charge in [-0.3, -0.25) is 0 Å². The normalized spacial score (nSPS) is 24.0. The Morgan fingerprint density at radius 2 is 1.33 bits per heavy atom. The molecule has 2 saturated heterocycles. The monoisotopic (exact) mass is 378 g/mol. The molecule has 1 aliphatic carbocycles. The summed E-state index contributed by atoms with van der Waals surface area (Å²) in [6.45, 7) is 16.0. The van der Waals surface area contributed by atoms with Crippen LogP contribution in [0, 0.1) is 18.8 Å². The van der Waals surface area contributed by atoms with E-state index in [4.69, 9.17) is 0 Å². The van der Waals surface area contributed by atoms with Gasteiger partial charge in [-0.1, -0.05) is 72.8 Å². The Balaban J connectivity index is 0. The van der Waals surface area contributed by atoms with Gasteiger partial charge in [0.25, 0.3) is 0 Å². The van der Waals surface area contributed by atoms with Gasteiger partial charge in [0.2, 0.25) is 0 Å². The van der Waals surface area contributed by atoms with Crippen molar-refractivity contribution >= 4 is 0 Å². The third kappa shape index (κ3) is 18.2. The van der Waals surface area contributed by atoms with Crippen molar-refractivity contribution in [1.29, 1.82) is 0 Å². The summed E-state index contributed by atoms with van der Waals surface area (Å²) in [7, 11) is 0. The first-order chi connectivity index (χ1) is 13.3. The molecule has 1 saturated carbocycles. The molecule has 3 aliphatic rings. The van der Waals surface area contributed by atoms with Gasteiger partial charge in [-0.05, 0) is 57.2 Å². The molecule has 0 aromatic carbocycles. The number of nitrogens with one attached hydrogen (secondary N) is 1. The quantitative estimate of drug-likeness (QED) is 0.519. The molecule has 2 heterocycles.